The first-order chi connectivity index (χ1) is 16.4. The molecular weight excluding hydrogens is 472 g/mol. The average molecular weight is 501 g/mol. The maximum Gasteiger partial charge on any atom is 0.341 e. The summed E-state index contributed by atoms with van der Waals surface area (Å²) in [5, 5.41) is 12.6. The molecule has 0 atom stereocenters. The van der Waals surface area contributed by atoms with Gasteiger partial charge in [-0.3, -0.25) is 4.79 Å². The lowest BCUT2D eigenvalue weighted by Gasteiger charge is -2.10. The topological polar surface area (TPSA) is 95.3 Å². The fraction of sp³-hybridized carbons (Fsp3) is 0.417. The number of aryl methyl sites for hydroxylation is 3. The summed E-state index contributed by atoms with van der Waals surface area (Å²) < 4.78 is 12.8. The van der Waals surface area contributed by atoms with Crippen LogP contribution in [0.3, 0.4) is 0 Å². The number of thiophene rings is 1. The van der Waals surface area contributed by atoms with Crippen LogP contribution in [0.2, 0.25) is 0 Å². The highest BCUT2D eigenvalue weighted by molar-refractivity contribution is 7.99. The number of nitrogens with one attached hydrogen (secondary N) is 1. The van der Waals surface area contributed by atoms with Gasteiger partial charge in [-0.15, -0.1) is 21.5 Å². The third-order valence-electron chi connectivity index (χ3n) is 5.85. The summed E-state index contributed by atoms with van der Waals surface area (Å²) in [5.41, 5.74) is 3.90. The smallest absolute Gasteiger partial charge is 0.341 e. The number of nitrogens with zero attached hydrogens (tertiary/aromatic N) is 3. The number of methoxy groups -OCH3 is 1. The highest BCUT2D eigenvalue weighted by Crippen LogP contribution is 2.39. The molecule has 0 spiro atoms. The number of benzene rings is 1. The lowest BCUT2D eigenvalue weighted by atomic mass is 10.1. The van der Waals surface area contributed by atoms with Crippen molar-refractivity contribution in [2.24, 2.45) is 0 Å². The lowest BCUT2D eigenvalue weighted by Crippen LogP contribution is -2.17. The second kappa shape index (κ2) is 10.6. The molecule has 1 aromatic carbocycles. The number of ether oxygens (including phenoxy) is 2. The van der Waals surface area contributed by atoms with E-state index in [1.807, 2.05) is 29.7 Å². The highest BCUT2D eigenvalue weighted by Gasteiger charge is 2.28. The minimum absolute atomic E-state index is 0.152. The minimum Gasteiger partial charge on any atom is -0.486 e. The van der Waals surface area contributed by atoms with E-state index in [2.05, 4.69) is 29.4 Å². The molecule has 0 saturated heterocycles. The molecule has 0 radical (unpaired) electrons. The number of fused-ring (bicyclic) bond motifs is 1. The number of carbonyl (C=O) groups excluding carboxylic acids is 2. The molecule has 1 aliphatic carbocycles. The normalized spacial score (nSPS) is 12.5. The van der Waals surface area contributed by atoms with Crippen LogP contribution < -0.4 is 10.1 Å². The van der Waals surface area contributed by atoms with Crippen LogP contribution >= 0.6 is 23.1 Å². The number of anilines is 1. The van der Waals surface area contributed by atoms with Gasteiger partial charge >= 0.3 is 5.97 Å². The van der Waals surface area contributed by atoms with Crippen molar-refractivity contribution >= 4 is 40.0 Å². The third kappa shape index (κ3) is 5.12. The molecule has 2 heterocycles. The molecule has 8 nitrogen and oxygen atoms in total. The molecule has 0 aliphatic heterocycles. The van der Waals surface area contributed by atoms with Gasteiger partial charge in [0.2, 0.25) is 5.91 Å². The van der Waals surface area contributed by atoms with Crippen LogP contribution in [0.15, 0.2) is 23.4 Å². The van der Waals surface area contributed by atoms with Gasteiger partial charge in [0.15, 0.2) is 11.0 Å². The van der Waals surface area contributed by atoms with E-state index in [1.54, 1.807) is 0 Å². The van der Waals surface area contributed by atoms with E-state index in [0.717, 1.165) is 35.5 Å². The predicted octanol–water partition coefficient (Wildman–Crippen LogP) is 4.56. The second-order valence-corrected chi connectivity index (χ2v) is 10.1. The Morgan fingerprint density at radius 1 is 1.21 bits per heavy atom. The molecule has 1 N–H and O–H groups in total. The fourth-order valence-electron chi connectivity index (χ4n) is 3.90. The van der Waals surface area contributed by atoms with Crippen molar-refractivity contribution in [2.45, 2.75) is 58.3 Å². The molecule has 10 heteroatoms. The molecule has 1 aliphatic rings. The van der Waals surface area contributed by atoms with Crippen molar-refractivity contribution in [3.05, 3.63) is 51.2 Å². The van der Waals surface area contributed by atoms with Crippen molar-refractivity contribution in [3.8, 4) is 5.75 Å². The molecule has 4 rings (SSSR count). The zero-order chi connectivity index (χ0) is 24.2. The zero-order valence-electron chi connectivity index (χ0n) is 19.8. The van der Waals surface area contributed by atoms with E-state index in [9.17, 15) is 9.59 Å². The van der Waals surface area contributed by atoms with Crippen molar-refractivity contribution < 1.29 is 19.1 Å². The molecule has 0 fully saturated rings. The summed E-state index contributed by atoms with van der Waals surface area (Å²) in [7, 11) is 1.36. The van der Waals surface area contributed by atoms with Gasteiger partial charge in [-0.05, 0) is 68.9 Å². The predicted molar refractivity (Wildman–Crippen MR) is 133 cm³/mol. The van der Waals surface area contributed by atoms with E-state index < -0.39 is 5.97 Å². The van der Waals surface area contributed by atoms with Gasteiger partial charge < -0.3 is 19.4 Å². The van der Waals surface area contributed by atoms with Crippen molar-refractivity contribution in [2.75, 3.05) is 18.2 Å². The number of esters is 1. The summed E-state index contributed by atoms with van der Waals surface area (Å²) in [6, 6.07) is 5.98. The standard InChI is InChI=1S/C24H28N4O4S2/c1-5-28-19(12-32-16-10-9-14(2)15(3)11-16)26-27-24(28)33-13-20(29)25-22-21(23(30)31-4)17-7-6-8-18(17)34-22/h9-11H,5-8,12-13H2,1-4H3,(H,25,29). The van der Waals surface area contributed by atoms with Gasteiger partial charge in [-0.2, -0.15) is 0 Å². The van der Waals surface area contributed by atoms with Crippen LogP contribution in [0.25, 0.3) is 0 Å². The number of rotatable bonds is 9. The van der Waals surface area contributed by atoms with E-state index in [1.165, 1.54) is 41.3 Å². The summed E-state index contributed by atoms with van der Waals surface area (Å²) in [4.78, 5) is 26.1. The molecule has 34 heavy (non-hydrogen) atoms. The molecule has 2 aromatic heterocycles. The van der Waals surface area contributed by atoms with Crippen LogP contribution in [0.4, 0.5) is 5.00 Å². The van der Waals surface area contributed by atoms with Gasteiger partial charge in [0, 0.05) is 11.4 Å². The molecule has 0 unspecified atom stereocenters. The van der Waals surface area contributed by atoms with Crippen molar-refractivity contribution in [1.29, 1.82) is 0 Å². The average Bonchev–Trinajstić information content (AvgIpc) is 3.52. The zero-order valence-corrected chi connectivity index (χ0v) is 21.4. The SMILES string of the molecule is CCn1c(COc2ccc(C)c(C)c2)nnc1SCC(=O)Nc1sc2c(c1C(=O)OC)CCC2. The van der Waals surface area contributed by atoms with Gasteiger partial charge in [0.05, 0.1) is 18.4 Å². The Labute approximate surface area is 207 Å². The van der Waals surface area contributed by atoms with Crippen LogP contribution in [-0.2, 0) is 35.5 Å². The Morgan fingerprint density at radius 3 is 2.76 bits per heavy atom. The molecular formula is C24H28N4O4S2. The van der Waals surface area contributed by atoms with Gasteiger partial charge in [-0.25, -0.2) is 4.79 Å². The van der Waals surface area contributed by atoms with Crippen LogP contribution in [0.1, 0.15) is 51.1 Å². The number of aromatic nitrogens is 3. The minimum atomic E-state index is -0.401. The number of amides is 1. The largest absolute Gasteiger partial charge is 0.486 e. The fourth-order valence-corrected chi connectivity index (χ4v) is 6.02. The molecule has 0 bridgehead atoms. The van der Waals surface area contributed by atoms with E-state index in [4.69, 9.17) is 9.47 Å². The van der Waals surface area contributed by atoms with Crippen LogP contribution in [0, 0.1) is 13.8 Å². The molecule has 3 aromatic rings. The third-order valence-corrected chi connectivity index (χ3v) is 8.03. The Morgan fingerprint density at radius 2 is 2.03 bits per heavy atom. The van der Waals surface area contributed by atoms with Crippen molar-refractivity contribution in [1.82, 2.24) is 14.8 Å². The van der Waals surface area contributed by atoms with Gasteiger partial charge in [0.1, 0.15) is 17.4 Å². The highest BCUT2D eigenvalue weighted by atomic mass is 32.2. The monoisotopic (exact) mass is 500 g/mol. The first-order valence-corrected chi connectivity index (χ1v) is 13.0. The Bertz CT molecular complexity index is 1220. The Kier molecular flexibility index (Phi) is 7.57. The molecule has 1 amide bonds. The number of hydrogen-bond acceptors (Lipinski definition) is 8. The maximum atomic E-state index is 12.7. The number of hydrogen-bond donors (Lipinski definition) is 1. The van der Waals surface area contributed by atoms with Gasteiger partial charge in [-0.1, -0.05) is 17.8 Å². The van der Waals surface area contributed by atoms with Crippen molar-refractivity contribution in [3.63, 3.8) is 0 Å². The summed E-state index contributed by atoms with van der Waals surface area (Å²) >= 11 is 2.78. The number of thioether (sulfide) groups is 1. The molecule has 0 saturated carbocycles. The lowest BCUT2D eigenvalue weighted by molar-refractivity contribution is -0.113. The Hall–Kier alpha value is -2.85. The summed E-state index contributed by atoms with van der Waals surface area (Å²) in [5.74, 6) is 1.03. The molecule has 180 valence electrons. The quantitative estimate of drug-likeness (QED) is 0.340. The van der Waals surface area contributed by atoms with Crippen LogP contribution in [-0.4, -0.2) is 39.5 Å². The van der Waals surface area contributed by atoms with E-state index >= 15 is 0 Å². The maximum absolute atomic E-state index is 12.7. The van der Waals surface area contributed by atoms with Gasteiger partial charge in [0.25, 0.3) is 0 Å². The number of carbonyl (C=O) groups is 2. The summed E-state index contributed by atoms with van der Waals surface area (Å²) in [6.07, 6.45) is 2.80. The van der Waals surface area contributed by atoms with Crippen LogP contribution in [0.5, 0.6) is 5.75 Å². The Balaban J connectivity index is 1.38. The second-order valence-electron chi connectivity index (χ2n) is 8.07. The first-order valence-electron chi connectivity index (χ1n) is 11.2. The first kappa shape index (κ1) is 24.3. The van der Waals surface area contributed by atoms with E-state index in [-0.39, 0.29) is 11.7 Å². The summed E-state index contributed by atoms with van der Waals surface area (Å²) in [6.45, 7) is 7.07. The van der Waals surface area contributed by atoms with E-state index in [0.29, 0.717) is 34.7 Å².